The van der Waals surface area contributed by atoms with Crippen LogP contribution < -0.4 is 4.57 Å². The zero-order valence-electron chi connectivity index (χ0n) is 10.6. The number of aromatic nitrogens is 2. The van der Waals surface area contributed by atoms with E-state index in [4.69, 9.17) is 0 Å². The first-order valence-corrected chi connectivity index (χ1v) is 6.22. The number of unbranched alkanes of at least 4 members (excludes halogenated alkanes) is 1. The highest BCUT2D eigenvalue weighted by atomic mass is 14.9. The van der Waals surface area contributed by atoms with E-state index in [1.165, 1.54) is 24.0 Å². The third-order valence-corrected chi connectivity index (χ3v) is 2.95. The van der Waals surface area contributed by atoms with Crippen molar-refractivity contribution in [3.63, 3.8) is 0 Å². The van der Waals surface area contributed by atoms with Crippen molar-refractivity contribution in [3.05, 3.63) is 48.4 Å². The van der Waals surface area contributed by atoms with Crippen LogP contribution in [-0.4, -0.2) is 4.98 Å². The first-order chi connectivity index (χ1) is 8.31. The van der Waals surface area contributed by atoms with Crippen molar-refractivity contribution in [1.82, 2.24) is 4.98 Å². The van der Waals surface area contributed by atoms with E-state index in [1.54, 1.807) is 0 Å². The zero-order chi connectivity index (χ0) is 12.1. The van der Waals surface area contributed by atoms with Gasteiger partial charge in [0.2, 0.25) is 0 Å². The maximum atomic E-state index is 4.42. The second kappa shape index (κ2) is 5.58. The molecule has 2 heterocycles. The summed E-state index contributed by atoms with van der Waals surface area (Å²) in [5, 5.41) is 0. The van der Waals surface area contributed by atoms with Gasteiger partial charge in [0.15, 0.2) is 12.4 Å². The van der Waals surface area contributed by atoms with Gasteiger partial charge in [-0.1, -0.05) is 19.4 Å². The van der Waals surface area contributed by atoms with Gasteiger partial charge >= 0.3 is 0 Å². The first-order valence-electron chi connectivity index (χ1n) is 6.22. The molecule has 0 saturated heterocycles. The van der Waals surface area contributed by atoms with Gasteiger partial charge < -0.3 is 0 Å². The van der Waals surface area contributed by atoms with Gasteiger partial charge in [-0.05, 0) is 24.6 Å². The van der Waals surface area contributed by atoms with E-state index in [0.29, 0.717) is 0 Å². The van der Waals surface area contributed by atoms with Crippen LogP contribution in [0, 0.1) is 6.92 Å². The van der Waals surface area contributed by atoms with Gasteiger partial charge in [-0.2, -0.15) is 0 Å². The lowest BCUT2D eigenvalue weighted by molar-refractivity contribution is -0.696. The summed E-state index contributed by atoms with van der Waals surface area (Å²) in [6, 6.07) is 8.21. The Hall–Kier alpha value is -1.70. The van der Waals surface area contributed by atoms with Crippen molar-refractivity contribution in [2.45, 2.75) is 33.2 Å². The molecule has 0 bridgehead atoms. The van der Waals surface area contributed by atoms with Crippen molar-refractivity contribution in [1.29, 1.82) is 0 Å². The quantitative estimate of drug-likeness (QED) is 0.733. The largest absolute Gasteiger partial charge is 0.256 e. The molecule has 2 nitrogen and oxygen atoms in total. The predicted octanol–water partition coefficient (Wildman–Crippen LogP) is 3.14. The Kier molecular flexibility index (Phi) is 3.86. The van der Waals surface area contributed by atoms with Crippen LogP contribution in [0.3, 0.4) is 0 Å². The van der Waals surface area contributed by atoms with Crippen molar-refractivity contribution in [2.24, 2.45) is 0 Å². The first kappa shape index (κ1) is 11.8. The summed E-state index contributed by atoms with van der Waals surface area (Å²) in [7, 11) is 0. The number of nitrogens with zero attached hydrogens (tertiary/aromatic N) is 2. The van der Waals surface area contributed by atoms with Crippen molar-refractivity contribution < 1.29 is 4.57 Å². The number of hydrogen-bond donors (Lipinski definition) is 0. The summed E-state index contributed by atoms with van der Waals surface area (Å²) in [5.41, 5.74) is 3.55. The summed E-state index contributed by atoms with van der Waals surface area (Å²) < 4.78 is 2.25. The Morgan fingerprint density at radius 1 is 1.24 bits per heavy atom. The highest BCUT2D eigenvalue weighted by molar-refractivity contribution is 5.60. The second-order valence-electron chi connectivity index (χ2n) is 4.35. The smallest absolute Gasteiger partial charge is 0.178 e. The number of aryl methyl sites for hydroxylation is 2. The van der Waals surface area contributed by atoms with Crippen LogP contribution in [0.5, 0.6) is 0 Å². The molecule has 0 aliphatic rings. The van der Waals surface area contributed by atoms with Crippen LogP contribution in [0.1, 0.15) is 25.3 Å². The lowest BCUT2D eigenvalue weighted by Crippen LogP contribution is -2.33. The molecule has 0 spiro atoms. The Bertz CT molecular complexity index is 478. The van der Waals surface area contributed by atoms with Gasteiger partial charge in [-0.15, -0.1) is 0 Å². The SMILES string of the molecule is CCCC[n+]1ccc(C)c(-c2ccccn2)c1. The average Bonchev–Trinajstić information content (AvgIpc) is 2.39. The van der Waals surface area contributed by atoms with Crippen LogP contribution in [-0.2, 0) is 6.54 Å². The molecule has 0 amide bonds. The fraction of sp³-hybridized carbons (Fsp3) is 0.333. The van der Waals surface area contributed by atoms with Crippen LogP contribution in [0.25, 0.3) is 11.3 Å². The lowest BCUT2D eigenvalue weighted by Gasteiger charge is -2.04. The van der Waals surface area contributed by atoms with E-state index < -0.39 is 0 Å². The van der Waals surface area contributed by atoms with E-state index in [9.17, 15) is 0 Å². The molecule has 0 atom stereocenters. The standard InChI is InChI=1S/C15H19N2/c1-3-4-10-17-11-8-13(2)14(12-17)15-7-5-6-9-16-15/h5-9,11-12H,3-4,10H2,1-2H3/q+1. The highest BCUT2D eigenvalue weighted by Gasteiger charge is 2.08. The van der Waals surface area contributed by atoms with Gasteiger partial charge in [-0.3, -0.25) is 4.98 Å². The van der Waals surface area contributed by atoms with E-state index in [1.807, 2.05) is 18.3 Å². The van der Waals surface area contributed by atoms with E-state index in [0.717, 1.165) is 12.2 Å². The minimum atomic E-state index is 1.05. The Balaban J connectivity index is 2.33. The van der Waals surface area contributed by atoms with Crippen molar-refractivity contribution >= 4 is 0 Å². The molecule has 0 unspecified atom stereocenters. The summed E-state index contributed by atoms with van der Waals surface area (Å²) in [5.74, 6) is 0. The minimum Gasteiger partial charge on any atom is -0.256 e. The molecule has 88 valence electrons. The third-order valence-electron chi connectivity index (χ3n) is 2.95. The average molecular weight is 227 g/mol. The maximum Gasteiger partial charge on any atom is 0.178 e. The van der Waals surface area contributed by atoms with Gasteiger partial charge in [0.25, 0.3) is 0 Å². The topological polar surface area (TPSA) is 16.8 Å². The Morgan fingerprint density at radius 3 is 2.82 bits per heavy atom. The summed E-state index contributed by atoms with van der Waals surface area (Å²) >= 11 is 0. The number of hydrogen-bond acceptors (Lipinski definition) is 1. The fourth-order valence-corrected chi connectivity index (χ4v) is 1.88. The molecular weight excluding hydrogens is 208 g/mol. The molecular formula is C15H19N2+. The predicted molar refractivity (Wildman–Crippen MR) is 69.5 cm³/mol. The molecule has 2 aromatic rings. The molecule has 0 aliphatic heterocycles. The summed E-state index contributed by atoms with van der Waals surface area (Å²) in [6.07, 6.45) is 8.64. The molecule has 2 rings (SSSR count). The molecule has 0 fully saturated rings. The monoisotopic (exact) mass is 227 g/mol. The van der Waals surface area contributed by atoms with E-state index >= 15 is 0 Å². The number of rotatable bonds is 4. The van der Waals surface area contributed by atoms with Gasteiger partial charge in [0.1, 0.15) is 6.54 Å². The Morgan fingerprint density at radius 2 is 2.12 bits per heavy atom. The Labute approximate surface area is 103 Å². The molecule has 17 heavy (non-hydrogen) atoms. The van der Waals surface area contributed by atoms with E-state index in [-0.39, 0.29) is 0 Å². The highest BCUT2D eigenvalue weighted by Crippen LogP contribution is 2.18. The lowest BCUT2D eigenvalue weighted by atomic mass is 10.1. The molecule has 0 N–H and O–H groups in total. The molecule has 0 saturated carbocycles. The van der Waals surface area contributed by atoms with Crippen LogP contribution in [0.15, 0.2) is 42.9 Å². The maximum absolute atomic E-state index is 4.42. The van der Waals surface area contributed by atoms with Gasteiger partial charge in [0.05, 0.1) is 11.3 Å². The third kappa shape index (κ3) is 2.90. The van der Waals surface area contributed by atoms with Crippen LogP contribution >= 0.6 is 0 Å². The molecule has 0 aromatic carbocycles. The molecule has 0 radical (unpaired) electrons. The van der Waals surface area contributed by atoms with Gasteiger partial charge in [-0.25, -0.2) is 4.57 Å². The fourth-order valence-electron chi connectivity index (χ4n) is 1.88. The second-order valence-corrected chi connectivity index (χ2v) is 4.35. The minimum absolute atomic E-state index is 1.05. The van der Waals surface area contributed by atoms with Crippen molar-refractivity contribution in [2.75, 3.05) is 0 Å². The zero-order valence-corrected chi connectivity index (χ0v) is 10.6. The van der Waals surface area contributed by atoms with Gasteiger partial charge in [0, 0.05) is 18.7 Å². The normalized spacial score (nSPS) is 10.5. The van der Waals surface area contributed by atoms with Crippen LogP contribution in [0.2, 0.25) is 0 Å². The molecule has 2 heteroatoms. The number of pyridine rings is 2. The molecule has 2 aromatic heterocycles. The summed E-state index contributed by atoms with van der Waals surface area (Å²) in [4.78, 5) is 4.42. The van der Waals surface area contributed by atoms with Crippen LogP contribution in [0.4, 0.5) is 0 Å². The van der Waals surface area contributed by atoms with Crippen molar-refractivity contribution in [3.8, 4) is 11.3 Å². The summed E-state index contributed by atoms with van der Waals surface area (Å²) in [6.45, 7) is 5.43. The molecule has 0 aliphatic carbocycles. The van der Waals surface area contributed by atoms with E-state index in [2.05, 4.69) is 47.9 Å².